The Morgan fingerprint density at radius 1 is 1.23 bits per heavy atom. The fourth-order valence-corrected chi connectivity index (χ4v) is 4.06. The van der Waals surface area contributed by atoms with Crippen LogP contribution < -0.4 is 0 Å². The number of hydrogen-bond donors (Lipinski definition) is 0. The molecule has 0 spiro atoms. The fraction of sp³-hybridized carbons (Fsp3) is 0.294. The van der Waals surface area contributed by atoms with Crippen molar-refractivity contribution < 1.29 is 0 Å². The maximum absolute atomic E-state index is 5.85. The molecule has 3 heterocycles. The summed E-state index contributed by atoms with van der Waals surface area (Å²) in [7, 11) is 0. The van der Waals surface area contributed by atoms with Crippen LogP contribution in [-0.2, 0) is 0 Å². The maximum atomic E-state index is 5.85. The van der Waals surface area contributed by atoms with Crippen LogP contribution in [0.1, 0.15) is 29.5 Å². The molecule has 1 fully saturated rings. The Balaban J connectivity index is 1.46. The molecule has 4 rings (SSSR count). The highest BCUT2D eigenvalue weighted by atomic mass is 35.5. The van der Waals surface area contributed by atoms with Crippen molar-refractivity contribution in [3.8, 4) is 0 Å². The van der Waals surface area contributed by atoms with E-state index in [-0.39, 0.29) is 0 Å². The second-order valence-corrected chi connectivity index (χ2v) is 7.21. The van der Waals surface area contributed by atoms with Crippen molar-refractivity contribution >= 4 is 33.2 Å². The second-order valence-electron chi connectivity index (χ2n) is 5.76. The molecular formula is C17H16ClN3S. The predicted octanol–water partition coefficient (Wildman–Crippen LogP) is 4.51. The van der Waals surface area contributed by atoms with Gasteiger partial charge in [0, 0.05) is 31.2 Å². The van der Waals surface area contributed by atoms with Gasteiger partial charge in [0.15, 0.2) is 0 Å². The average molecular weight is 330 g/mol. The van der Waals surface area contributed by atoms with Gasteiger partial charge in [-0.1, -0.05) is 29.8 Å². The van der Waals surface area contributed by atoms with Gasteiger partial charge in [0.2, 0.25) is 0 Å². The minimum absolute atomic E-state index is 0.371. The number of pyridine rings is 1. The molecule has 0 N–H and O–H groups in total. The third kappa shape index (κ3) is 2.51. The van der Waals surface area contributed by atoms with Crippen molar-refractivity contribution in [2.45, 2.75) is 18.9 Å². The summed E-state index contributed by atoms with van der Waals surface area (Å²) in [6.07, 6.45) is 1.87. The van der Waals surface area contributed by atoms with E-state index in [2.05, 4.69) is 47.1 Å². The van der Waals surface area contributed by atoms with E-state index >= 15 is 0 Å². The zero-order valence-corrected chi connectivity index (χ0v) is 13.8. The number of nitrogens with zero attached hydrogens (tertiary/aromatic N) is 3. The largest absolute Gasteiger partial charge is 0.295 e. The van der Waals surface area contributed by atoms with Crippen LogP contribution in [0.25, 0.3) is 10.2 Å². The molecule has 1 aromatic carbocycles. The lowest BCUT2D eigenvalue weighted by atomic mass is 9.96. The first-order chi connectivity index (χ1) is 10.7. The molecule has 5 heteroatoms. The molecule has 0 saturated carbocycles. The number of likely N-dealkylation sites (tertiary alicyclic amines) is 1. The molecule has 0 bridgehead atoms. The van der Waals surface area contributed by atoms with Crippen LogP contribution in [0.15, 0.2) is 42.6 Å². The molecule has 0 aliphatic carbocycles. The first-order valence-corrected chi connectivity index (χ1v) is 8.61. The van der Waals surface area contributed by atoms with Crippen molar-refractivity contribution in [3.63, 3.8) is 0 Å². The topological polar surface area (TPSA) is 29.0 Å². The first kappa shape index (κ1) is 14.1. The van der Waals surface area contributed by atoms with E-state index in [1.165, 1.54) is 15.3 Å². The average Bonchev–Trinajstić information content (AvgIpc) is 2.89. The van der Waals surface area contributed by atoms with Gasteiger partial charge in [-0.25, -0.2) is 9.97 Å². The molecule has 3 nitrogen and oxygen atoms in total. The lowest BCUT2D eigenvalue weighted by molar-refractivity contribution is 0.100. The van der Waals surface area contributed by atoms with E-state index in [0.717, 1.165) is 18.6 Å². The van der Waals surface area contributed by atoms with E-state index < -0.39 is 0 Å². The number of para-hydroxylation sites is 1. The lowest BCUT2D eigenvalue weighted by Gasteiger charge is -2.42. The van der Waals surface area contributed by atoms with Crippen LogP contribution >= 0.6 is 22.9 Å². The Hall–Kier alpha value is -1.49. The second kappa shape index (κ2) is 5.61. The maximum Gasteiger partial charge on any atom is 0.129 e. The SMILES string of the molecule is CC(c1ccc(Cl)nc1)N1CC(c2nc3ccccc3s2)C1. The van der Waals surface area contributed by atoms with Gasteiger partial charge in [-0.3, -0.25) is 4.90 Å². The van der Waals surface area contributed by atoms with Gasteiger partial charge in [0.25, 0.3) is 0 Å². The molecule has 1 aliphatic rings. The summed E-state index contributed by atoms with van der Waals surface area (Å²) in [6, 6.07) is 12.7. The zero-order valence-electron chi connectivity index (χ0n) is 12.2. The standard InChI is InChI=1S/C17H16ClN3S/c1-11(12-6-7-16(18)19-8-12)21-9-13(10-21)17-20-14-4-2-3-5-15(14)22-17/h2-8,11,13H,9-10H2,1H3. The van der Waals surface area contributed by atoms with Crippen LogP contribution in [-0.4, -0.2) is 28.0 Å². The number of hydrogen-bond acceptors (Lipinski definition) is 4. The van der Waals surface area contributed by atoms with Crippen molar-refractivity contribution in [1.29, 1.82) is 0 Å². The third-order valence-corrected chi connectivity index (χ3v) is 5.77. The zero-order chi connectivity index (χ0) is 15.1. The molecule has 0 radical (unpaired) electrons. The third-order valence-electron chi connectivity index (χ3n) is 4.35. The van der Waals surface area contributed by atoms with Crippen LogP contribution in [0.4, 0.5) is 0 Å². The van der Waals surface area contributed by atoms with Gasteiger partial charge in [-0.2, -0.15) is 0 Å². The molecule has 1 aliphatic heterocycles. The summed E-state index contributed by atoms with van der Waals surface area (Å²) in [5, 5.41) is 1.81. The van der Waals surface area contributed by atoms with Gasteiger partial charge < -0.3 is 0 Å². The molecule has 112 valence electrons. The summed E-state index contributed by atoms with van der Waals surface area (Å²) < 4.78 is 1.28. The monoisotopic (exact) mass is 329 g/mol. The van der Waals surface area contributed by atoms with Crippen LogP contribution in [0, 0.1) is 0 Å². The number of aromatic nitrogens is 2. The van der Waals surface area contributed by atoms with E-state index in [9.17, 15) is 0 Å². The number of rotatable bonds is 3. The predicted molar refractivity (Wildman–Crippen MR) is 91.6 cm³/mol. The van der Waals surface area contributed by atoms with Crippen LogP contribution in [0.2, 0.25) is 5.15 Å². The summed E-state index contributed by atoms with van der Waals surface area (Å²) in [6.45, 7) is 4.34. The van der Waals surface area contributed by atoms with Gasteiger partial charge in [-0.05, 0) is 30.7 Å². The fourth-order valence-electron chi connectivity index (χ4n) is 2.89. The summed E-state index contributed by atoms with van der Waals surface area (Å²) in [5.74, 6) is 0.556. The molecule has 1 unspecified atom stereocenters. The Morgan fingerprint density at radius 3 is 2.77 bits per heavy atom. The first-order valence-electron chi connectivity index (χ1n) is 7.41. The number of thiazole rings is 1. The van der Waals surface area contributed by atoms with Gasteiger partial charge in [0.1, 0.15) is 5.15 Å². The van der Waals surface area contributed by atoms with E-state index in [4.69, 9.17) is 16.6 Å². The van der Waals surface area contributed by atoms with Gasteiger partial charge in [0.05, 0.1) is 15.2 Å². The molecule has 2 aromatic heterocycles. The minimum atomic E-state index is 0.371. The van der Waals surface area contributed by atoms with Crippen molar-refractivity contribution in [1.82, 2.24) is 14.9 Å². The quantitative estimate of drug-likeness (QED) is 0.662. The van der Waals surface area contributed by atoms with Crippen LogP contribution in [0.3, 0.4) is 0 Å². The van der Waals surface area contributed by atoms with Gasteiger partial charge in [-0.15, -0.1) is 11.3 Å². The van der Waals surface area contributed by atoms with Crippen molar-refractivity contribution in [3.05, 3.63) is 58.3 Å². The summed E-state index contributed by atoms with van der Waals surface area (Å²) >= 11 is 7.68. The highest BCUT2D eigenvalue weighted by molar-refractivity contribution is 7.18. The highest BCUT2D eigenvalue weighted by Crippen LogP contribution is 2.37. The molecule has 1 saturated heterocycles. The summed E-state index contributed by atoms with van der Waals surface area (Å²) in [4.78, 5) is 11.4. The van der Waals surface area contributed by atoms with E-state index in [1.807, 2.05) is 23.6 Å². The lowest BCUT2D eigenvalue weighted by Crippen LogP contribution is -2.46. The Bertz CT molecular complexity index is 760. The Labute approximate surface area is 138 Å². The number of benzene rings is 1. The van der Waals surface area contributed by atoms with Crippen molar-refractivity contribution in [2.24, 2.45) is 0 Å². The van der Waals surface area contributed by atoms with Crippen LogP contribution in [0.5, 0.6) is 0 Å². The van der Waals surface area contributed by atoms with E-state index in [1.54, 1.807) is 0 Å². The van der Waals surface area contributed by atoms with Crippen molar-refractivity contribution in [2.75, 3.05) is 13.1 Å². The molecule has 3 aromatic rings. The van der Waals surface area contributed by atoms with E-state index in [0.29, 0.717) is 17.1 Å². The Kier molecular flexibility index (Phi) is 3.60. The number of halogens is 1. The molecular weight excluding hydrogens is 314 g/mol. The molecule has 1 atom stereocenters. The smallest absolute Gasteiger partial charge is 0.129 e. The number of fused-ring (bicyclic) bond motifs is 1. The molecule has 0 amide bonds. The highest BCUT2D eigenvalue weighted by Gasteiger charge is 2.33. The summed E-state index contributed by atoms with van der Waals surface area (Å²) in [5.41, 5.74) is 2.34. The van der Waals surface area contributed by atoms with Gasteiger partial charge >= 0.3 is 0 Å². The minimum Gasteiger partial charge on any atom is -0.295 e. The Morgan fingerprint density at radius 2 is 2.05 bits per heavy atom. The molecule has 22 heavy (non-hydrogen) atoms. The normalized spacial score (nSPS) is 17.5.